The van der Waals surface area contributed by atoms with Crippen LogP contribution in [0.1, 0.15) is 44.6 Å². The van der Waals surface area contributed by atoms with Crippen molar-refractivity contribution in [3.05, 3.63) is 35.9 Å². The van der Waals surface area contributed by atoms with Gasteiger partial charge in [0.1, 0.15) is 6.61 Å². The summed E-state index contributed by atoms with van der Waals surface area (Å²) < 4.78 is 9.78. The molecule has 0 aliphatic rings. The quantitative estimate of drug-likeness (QED) is 0.671. The fourth-order valence-corrected chi connectivity index (χ4v) is 2.46. The maximum atomic E-state index is 11.7. The molecule has 0 fully saturated rings. The molecule has 1 aromatic carbocycles. The Morgan fingerprint density at radius 1 is 1.17 bits per heavy atom. The Bertz CT molecular complexity index is 472. The number of esters is 2. The van der Waals surface area contributed by atoms with Gasteiger partial charge in [0.15, 0.2) is 6.10 Å². The Labute approximate surface area is 137 Å². The first-order valence-electron chi connectivity index (χ1n) is 8.04. The van der Waals surface area contributed by atoms with Gasteiger partial charge in [-0.15, -0.1) is 0 Å². The van der Waals surface area contributed by atoms with Crippen LogP contribution in [-0.2, 0) is 25.7 Å². The summed E-state index contributed by atoms with van der Waals surface area (Å²) >= 11 is 0. The number of benzene rings is 1. The predicted octanol–water partition coefficient (Wildman–Crippen LogP) is 2.85. The molecule has 0 aromatic heterocycles. The smallest absolute Gasteiger partial charge is 0.334 e. The van der Waals surface area contributed by atoms with Crippen molar-refractivity contribution in [1.29, 1.82) is 0 Å². The van der Waals surface area contributed by atoms with Crippen LogP contribution < -0.4 is 0 Å². The van der Waals surface area contributed by atoms with E-state index in [1.807, 2.05) is 37.3 Å². The zero-order valence-electron chi connectivity index (χ0n) is 13.9. The zero-order valence-corrected chi connectivity index (χ0v) is 13.9. The van der Waals surface area contributed by atoms with Gasteiger partial charge in [0, 0.05) is 6.42 Å². The molecule has 1 N–H and O–H groups in total. The minimum absolute atomic E-state index is 0.186. The van der Waals surface area contributed by atoms with Crippen LogP contribution in [-0.4, -0.2) is 30.3 Å². The number of aliphatic hydroxyl groups is 1. The lowest BCUT2D eigenvalue weighted by Gasteiger charge is -2.20. The second-order valence-electron chi connectivity index (χ2n) is 5.56. The Morgan fingerprint density at radius 2 is 1.87 bits per heavy atom. The minimum atomic E-state index is -1.12. The molecule has 0 amide bonds. The standard InChI is InChI=1S/C18H26O5/c1-3-8-15(17(20)18(21)22-2)11-7-12-16(19)23-13-14-9-5-4-6-10-14/h4-6,9-10,15,17,20H,3,7-8,11-13H2,1-2H3. The van der Waals surface area contributed by atoms with E-state index in [0.29, 0.717) is 12.8 Å². The summed E-state index contributed by atoms with van der Waals surface area (Å²) in [7, 11) is 1.26. The summed E-state index contributed by atoms with van der Waals surface area (Å²) in [4.78, 5) is 23.2. The molecule has 0 radical (unpaired) electrons. The second kappa shape index (κ2) is 10.8. The summed E-state index contributed by atoms with van der Waals surface area (Å²) in [5.74, 6) is -1.07. The number of rotatable bonds is 10. The van der Waals surface area contributed by atoms with Gasteiger partial charge >= 0.3 is 11.9 Å². The number of carbonyl (C=O) groups excluding carboxylic acids is 2. The van der Waals surface area contributed by atoms with Crippen LogP contribution in [0.2, 0.25) is 0 Å². The first-order chi connectivity index (χ1) is 11.1. The summed E-state index contributed by atoms with van der Waals surface area (Å²) in [5, 5.41) is 9.94. The van der Waals surface area contributed by atoms with Crippen molar-refractivity contribution in [2.24, 2.45) is 5.92 Å². The van der Waals surface area contributed by atoms with Crippen LogP contribution in [0.4, 0.5) is 0 Å². The highest BCUT2D eigenvalue weighted by atomic mass is 16.5. The molecule has 23 heavy (non-hydrogen) atoms. The number of hydrogen-bond donors (Lipinski definition) is 1. The second-order valence-corrected chi connectivity index (χ2v) is 5.56. The van der Waals surface area contributed by atoms with Crippen molar-refractivity contribution in [2.45, 2.75) is 51.7 Å². The van der Waals surface area contributed by atoms with E-state index in [-0.39, 0.29) is 24.9 Å². The third-order valence-corrected chi connectivity index (χ3v) is 3.75. The molecule has 1 rings (SSSR count). The van der Waals surface area contributed by atoms with E-state index in [4.69, 9.17) is 4.74 Å². The summed E-state index contributed by atoms with van der Waals surface area (Å²) in [5.41, 5.74) is 0.950. The maximum absolute atomic E-state index is 11.7. The van der Waals surface area contributed by atoms with Gasteiger partial charge in [-0.05, 0) is 30.7 Å². The summed E-state index contributed by atoms with van der Waals surface area (Å²) in [6, 6.07) is 9.50. The highest BCUT2D eigenvalue weighted by Gasteiger charge is 2.26. The number of carbonyl (C=O) groups is 2. The van der Waals surface area contributed by atoms with E-state index < -0.39 is 12.1 Å². The fourth-order valence-electron chi connectivity index (χ4n) is 2.46. The van der Waals surface area contributed by atoms with Crippen LogP contribution >= 0.6 is 0 Å². The monoisotopic (exact) mass is 322 g/mol. The maximum Gasteiger partial charge on any atom is 0.334 e. The van der Waals surface area contributed by atoms with E-state index >= 15 is 0 Å². The van der Waals surface area contributed by atoms with E-state index in [9.17, 15) is 14.7 Å². The lowest BCUT2D eigenvalue weighted by molar-refractivity contribution is -0.153. The average molecular weight is 322 g/mol. The molecule has 0 heterocycles. The van der Waals surface area contributed by atoms with Crippen LogP contribution in [0.15, 0.2) is 30.3 Å². The van der Waals surface area contributed by atoms with Crippen molar-refractivity contribution in [3.8, 4) is 0 Å². The highest BCUT2D eigenvalue weighted by Crippen LogP contribution is 2.20. The van der Waals surface area contributed by atoms with E-state index in [1.54, 1.807) is 0 Å². The molecule has 5 nitrogen and oxygen atoms in total. The topological polar surface area (TPSA) is 72.8 Å². The molecule has 0 aliphatic carbocycles. The number of methoxy groups -OCH3 is 1. The molecule has 0 saturated heterocycles. The zero-order chi connectivity index (χ0) is 17.1. The molecule has 2 atom stereocenters. The Morgan fingerprint density at radius 3 is 2.48 bits per heavy atom. The van der Waals surface area contributed by atoms with Crippen molar-refractivity contribution in [1.82, 2.24) is 0 Å². The third-order valence-electron chi connectivity index (χ3n) is 3.75. The van der Waals surface area contributed by atoms with Crippen molar-refractivity contribution in [2.75, 3.05) is 7.11 Å². The van der Waals surface area contributed by atoms with Gasteiger partial charge in [0.25, 0.3) is 0 Å². The van der Waals surface area contributed by atoms with Gasteiger partial charge in [-0.2, -0.15) is 0 Å². The molecular formula is C18H26O5. The van der Waals surface area contributed by atoms with Gasteiger partial charge in [-0.25, -0.2) is 4.79 Å². The molecule has 0 spiro atoms. The highest BCUT2D eigenvalue weighted by molar-refractivity contribution is 5.74. The molecule has 2 unspecified atom stereocenters. The Kier molecular flexibility index (Phi) is 8.98. The molecule has 0 saturated carbocycles. The lowest BCUT2D eigenvalue weighted by atomic mass is 9.91. The van der Waals surface area contributed by atoms with Gasteiger partial charge in [-0.3, -0.25) is 4.79 Å². The van der Waals surface area contributed by atoms with E-state index in [1.165, 1.54) is 7.11 Å². The molecule has 128 valence electrons. The Hall–Kier alpha value is -1.88. The first-order valence-corrected chi connectivity index (χ1v) is 8.04. The van der Waals surface area contributed by atoms with Crippen LogP contribution in [0.5, 0.6) is 0 Å². The first kappa shape index (κ1) is 19.2. The Balaban J connectivity index is 2.32. The predicted molar refractivity (Wildman–Crippen MR) is 86.5 cm³/mol. The van der Waals surface area contributed by atoms with Gasteiger partial charge in [0.2, 0.25) is 0 Å². The largest absolute Gasteiger partial charge is 0.467 e. The minimum Gasteiger partial charge on any atom is -0.467 e. The van der Waals surface area contributed by atoms with Crippen LogP contribution in [0.3, 0.4) is 0 Å². The van der Waals surface area contributed by atoms with Gasteiger partial charge in [-0.1, -0.05) is 43.7 Å². The number of hydrogen-bond acceptors (Lipinski definition) is 5. The molecule has 0 aliphatic heterocycles. The number of ether oxygens (including phenoxy) is 2. The van der Waals surface area contributed by atoms with E-state index in [2.05, 4.69) is 4.74 Å². The normalized spacial score (nSPS) is 13.2. The van der Waals surface area contributed by atoms with E-state index in [0.717, 1.165) is 18.4 Å². The summed E-state index contributed by atoms with van der Waals surface area (Å²) in [6.45, 7) is 2.26. The van der Waals surface area contributed by atoms with Crippen molar-refractivity contribution in [3.63, 3.8) is 0 Å². The summed E-state index contributed by atoms with van der Waals surface area (Å²) in [6.07, 6.45) is 1.89. The number of aliphatic hydroxyl groups excluding tert-OH is 1. The SMILES string of the molecule is CCCC(CCCC(=O)OCc1ccccc1)C(O)C(=O)OC. The van der Waals surface area contributed by atoms with Crippen LogP contribution in [0.25, 0.3) is 0 Å². The molecular weight excluding hydrogens is 296 g/mol. The fraction of sp³-hybridized carbons (Fsp3) is 0.556. The van der Waals surface area contributed by atoms with Crippen molar-refractivity contribution < 1.29 is 24.2 Å². The molecule has 1 aromatic rings. The van der Waals surface area contributed by atoms with Gasteiger partial charge in [0.05, 0.1) is 7.11 Å². The van der Waals surface area contributed by atoms with Crippen LogP contribution in [0, 0.1) is 5.92 Å². The third kappa shape index (κ3) is 7.28. The van der Waals surface area contributed by atoms with Crippen molar-refractivity contribution >= 4 is 11.9 Å². The molecule has 5 heteroatoms. The van der Waals surface area contributed by atoms with Gasteiger partial charge < -0.3 is 14.6 Å². The molecule has 0 bridgehead atoms. The lowest BCUT2D eigenvalue weighted by Crippen LogP contribution is -2.30. The average Bonchev–Trinajstić information content (AvgIpc) is 2.58.